The highest BCUT2D eigenvalue weighted by Gasteiger charge is 2.54. The van der Waals surface area contributed by atoms with Gasteiger partial charge < -0.3 is 5.11 Å². The van der Waals surface area contributed by atoms with E-state index in [-0.39, 0.29) is 5.78 Å². The number of halogens is 1. The smallest absolute Gasteiger partial charge is 0.326 e. The van der Waals surface area contributed by atoms with Gasteiger partial charge in [-0.3, -0.25) is 9.59 Å². The van der Waals surface area contributed by atoms with Gasteiger partial charge in [0, 0.05) is 4.48 Å². The van der Waals surface area contributed by atoms with Crippen molar-refractivity contribution < 1.29 is 14.7 Å². The summed E-state index contributed by atoms with van der Waals surface area (Å²) in [7, 11) is 0. The molecule has 0 saturated heterocycles. The standard InChI is InChI=1S/C10H7BrO3/c1-5(12)10(9(13)14)6-2-3-7(10)8(11)4-6/h2-4H,1H3,(H,13,14). The van der Waals surface area contributed by atoms with Gasteiger partial charge in [-0.2, -0.15) is 0 Å². The minimum Gasteiger partial charge on any atom is -0.480 e. The van der Waals surface area contributed by atoms with Gasteiger partial charge in [0.25, 0.3) is 0 Å². The zero-order chi connectivity index (χ0) is 10.5. The Morgan fingerprint density at radius 1 is 1.43 bits per heavy atom. The van der Waals surface area contributed by atoms with Crippen LogP contribution in [0.4, 0.5) is 0 Å². The number of rotatable bonds is 2. The molecule has 4 heteroatoms. The SMILES string of the molecule is CC(=O)C1(C(=O)O)C2=CC(Br)=C1C=C2. The van der Waals surface area contributed by atoms with Crippen molar-refractivity contribution in [2.24, 2.45) is 5.41 Å². The number of aliphatic carboxylic acids is 1. The summed E-state index contributed by atoms with van der Waals surface area (Å²) in [5, 5.41) is 9.18. The van der Waals surface area contributed by atoms with Gasteiger partial charge in [-0.05, 0) is 24.1 Å². The maximum Gasteiger partial charge on any atom is 0.326 e. The van der Waals surface area contributed by atoms with Crippen LogP contribution >= 0.6 is 15.9 Å². The largest absolute Gasteiger partial charge is 0.480 e. The van der Waals surface area contributed by atoms with Crippen LogP contribution in [0.5, 0.6) is 0 Å². The molecule has 0 radical (unpaired) electrons. The summed E-state index contributed by atoms with van der Waals surface area (Å²) in [6.45, 7) is 1.31. The molecule has 0 aromatic carbocycles. The summed E-state index contributed by atoms with van der Waals surface area (Å²) in [6.07, 6.45) is 5.04. The number of Topliss-reactive ketones (excluding diaryl/α,β-unsaturated/α-hetero) is 1. The van der Waals surface area contributed by atoms with Crippen LogP contribution in [0.1, 0.15) is 6.92 Å². The molecule has 2 aliphatic rings. The highest BCUT2D eigenvalue weighted by molar-refractivity contribution is 9.12. The molecule has 72 valence electrons. The molecule has 1 N–H and O–H groups in total. The van der Waals surface area contributed by atoms with E-state index in [1.165, 1.54) is 6.92 Å². The number of hydrogen-bond donors (Lipinski definition) is 1. The topological polar surface area (TPSA) is 54.4 Å². The lowest BCUT2D eigenvalue weighted by atomic mass is 9.78. The lowest BCUT2D eigenvalue weighted by Crippen LogP contribution is -2.37. The van der Waals surface area contributed by atoms with E-state index in [1.807, 2.05) is 0 Å². The number of ketones is 1. The lowest BCUT2D eigenvalue weighted by Gasteiger charge is -2.21. The highest BCUT2D eigenvalue weighted by atomic mass is 79.9. The van der Waals surface area contributed by atoms with E-state index < -0.39 is 11.4 Å². The summed E-state index contributed by atoms with van der Waals surface area (Å²) < 4.78 is 0.688. The van der Waals surface area contributed by atoms with Gasteiger partial charge in [0.15, 0.2) is 11.2 Å². The second-order valence-electron chi connectivity index (χ2n) is 3.31. The van der Waals surface area contributed by atoms with Crippen LogP contribution in [0.25, 0.3) is 0 Å². The maximum atomic E-state index is 11.5. The van der Waals surface area contributed by atoms with Crippen molar-refractivity contribution in [2.75, 3.05) is 0 Å². The number of hydrogen-bond acceptors (Lipinski definition) is 2. The van der Waals surface area contributed by atoms with Crippen LogP contribution in [0, 0.1) is 5.41 Å². The van der Waals surface area contributed by atoms with Gasteiger partial charge in [-0.1, -0.05) is 28.1 Å². The van der Waals surface area contributed by atoms with Gasteiger partial charge in [-0.25, -0.2) is 0 Å². The maximum absolute atomic E-state index is 11.5. The number of carboxylic acids is 1. The van der Waals surface area contributed by atoms with Crippen LogP contribution in [0.3, 0.4) is 0 Å². The van der Waals surface area contributed by atoms with Crippen LogP contribution < -0.4 is 0 Å². The molecule has 0 heterocycles. The van der Waals surface area contributed by atoms with E-state index in [0.717, 1.165) is 0 Å². The molecule has 0 spiro atoms. The Kier molecular flexibility index (Phi) is 1.79. The van der Waals surface area contributed by atoms with Crippen molar-refractivity contribution in [3.63, 3.8) is 0 Å². The van der Waals surface area contributed by atoms with Crippen molar-refractivity contribution in [2.45, 2.75) is 6.92 Å². The monoisotopic (exact) mass is 254 g/mol. The first kappa shape index (κ1) is 9.40. The molecule has 0 aliphatic heterocycles. The molecular formula is C10H7BrO3. The quantitative estimate of drug-likeness (QED) is 0.765. The molecule has 0 aromatic rings. The van der Waals surface area contributed by atoms with Crippen molar-refractivity contribution in [1.29, 1.82) is 0 Å². The first-order chi connectivity index (χ1) is 6.51. The third kappa shape index (κ3) is 0.817. The van der Waals surface area contributed by atoms with Gasteiger partial charge in [0.2, 0.25) is 0 Å². The summed E-state index contributed by atoms with van der Waals surface area (Å²) in [5.41, 5.74) is -0.370. The van der Waals surface area contributed by atoms with E-state index in [1.54, 1.807) is 18.2 Å². The Morgan fingerprint density at radius 2 is 2.07 bits per heavy atom. The first-order valence-corrected chi connectivity index (χ1v) is 4.85. The predicted molar refractivity (Wildman–Crippen MR) is 53.9 cm³/mol. The molecule has 3 nitrogen and oxygen atoms in total. The third-order valence-corrected chi connectivity index (χ3v) is 3.31. The fraction of sp³-hybridized carbons (Fsp3) is 0.200. The number of carboxylic acid groups (broad SMARTS) is 1. The molecular weight excluding hydrogens is 248 g/mol. The van der Waals surface area contributed by atoms with Crippen molar-refractivity contribution in [3.8, 4) is 0 Å². The molecule has 2 aliphatic carbocycles. The molecule has 0 amide bonds. The van der Waals surface area contributed by atoms with Crippen LogP contribution in [-0.4, -0.2) is 16.9 Å². The zero-order valence-corrected chi connectivity index (χ0v) is 8.96. The highest BCUT2D eigenvalue weighted by Crippen LogP contribution is 2.51. The fourth-order valence-corrected chi connectivity index (χ4v) is 2.67. The molecule has 0 fully saturated rings. The first-order valence-electron chi connectivity index (χ1n) is 4.06. The molecule has 0 aromatic heterocycles. The van der Waals surface area contributed by atoms with Gasteiger partial charge >= 0.3 is 5.97 Å². The van der Waals surface area contributed by atoms with Gasteiger partial charge in [0.05, 0.1) is 0 Å². The summed E-state index contributed by atoms with van der Waals surface area (Å²) in [5.74, 6) is -1.46. The van der Waals surface area contributed by atoms with E-state index >= 15 is 0 Å². The summed E-state index contributed by atoms with van der Waals surface area (Å²) in [4.78, 5) is 22.7. The van der Waals surface area contributed by atoms with Crippen molar-refractivity contribution in [3.05, 3.63) is 33.9 Å². The predicted octanol–water partition coefficient (Wildman–Crippen LogP) is 1.81. The Bertz CT molecular complexity index is 426. The van der Waals surface area contributed by atoms with Crippen molar-refractivity contribution >= 4 is 27.7 Å². The Morgan fingerprint density at radius 3 is 2.29 bits per heavy atom. The van der Waals surface area contributed by atoms with Crippen LogP contribution in [-0.2, 0) is 9.59 Å². The molecule has 1 unspecified atom stereocenters. The second-order valence-corrected chi connectivity index (χ2v) is 4.16. The average molecular weight is 255 g/mol. The Balaban J connectivity index is 2.71. The zero-order valence-electron chi connectivity index (χ0n) is 7.37. The third-order valence-electron chi connectivity index (χ3n) is 2.65. The fourth-order valence-electron chi connectivity index (χ4n) is 1.99. The molecule has 2 bridgehead atoms. The van der Waals surface area contributed by atoms with Gasteiger partial charge in [0.1, 0.15) is 0 Å². The normalized spacial score (nSPS) is 28.3. The van der Waals surface area contributed by atoms with E-state index in [2.05, 4.69) is 15.9 Å². The molecule has 1 atom stereocenters. The molecule has 14 heavy (non-hydrogen) atoms. The summed E-state index contributed by atoms with van der Waals surface area (Å²) in [6, 6.07) is 0. The minimum absolute atomic E-state index is 0.356. The van der Waals surface area contributed by atoms with Crippen molar-refractivity contribution in [1.82, 2.24) is 0 Å². The number of allylic oxidation sites excluding steroid dienone is 4. The Labute approximate surface area is 88.9 Å². The van der Waals surface area contributed by atoms with E-state index in [4.69, 9.17) is 0 Å². The van der Waals surface area contributed by atoms with Gasteiger partial charge in [-0.15, -0.1) is 0 Å². The van der Waals surface area contributed by atoms with Crippen LogP contribution in [0.15, 0.2) is 33.9 Å². The minimum atomic E-state index is -1.45. The summed E-state index contributed by atoms with van der Waals surface area (Å²) >= 11 is 3.24. The second kappa shape index (κ2) is 2.67. The number of carbonyl (C=O) groups is 2. The molecule has 2 rings (SSSR count). The number of fused-ring (bicyclic) bond motifs is 2. The molecule has 0 saturated carbocycles. The lowest BCUT2D eigenvalue weighted by molar-refractivity contribution is -0.148. The number of carbonyl (C=O) groups excluding carboxylic acids is 1. The Hall–Kier alpha value is -1.16. The average Bonchev–Trinajstić information content (AvgIpc) is 2.55. The van der Waals surface area contributed by atoms with E-state index in [0.29, 0.717) is 15.6 Å². The van der Waals surface area contributed by atoms with E-state index in [9.17, 15) is 14.7 Å². The van der Waals surface area contributed by atoms with Crippen LogP contribution in [0.2, 0.25) is 0 Å².